The van der Waals surface area contributed by atoms with E-state index in [0.717, 1.165) is 0 Å². The monoisotopic (exact) mass is 635 g/mol. The standard InChI is InChI=1S/C32H33N3O9S/c1-14-26(38)24(16(3)36)28-25(27(14)39)32(4)22(43-28)13-19(37)23(29(32)40)15(2)33-18(10-11-45-7)31-34-30(35-44-31)17-8-9-20(41-5)21(12-17)42-6/h8-9,12-13,18,33,38-39H,10-11H2,1-7H3/b23-15+/t18-,32-/m0/s1. The molecule has 1 aliphatic heterocycles. The summed E-state index contributed by atoms with van der Waals surface area (Å²) >= 11 is 1.60. The van der Waals surface area contributed by atoms with Gasteiger partial charge in [0.25, 0.3) is 0 Å². The van der Waals surface area contributed by atoms with Gasteiger partial charge in [0.15, 0.2) is 28.8 Å². The summed E-state index contributed by atoms with van der Waals surface area (Å²) < 4.78 is 22.2. The average Bonchev–Trinajstić information content (AvgIpc) is 3.61. The zero-order chi connectivity index (χ0) is 32.8. The molecule has 0 spiro atoms. The molecule has 2 heterocycles. The highest BCUT2D eigenvalue weighted by Crippen LogP contribution is 2.57. The summed E-state index contributed by atoms with van der Waals surface area (Å²) in [6, 6.07) is 4.67. The number of benzene rings is 2. The van der Waals surface area contributed by atoms with Crippen LogP contribution in [0.3, 0.4) is 0 Å². The molecule has 0 saturated carbocycles. The van der Waals surface area contributed by atoms with Crippen molar-refractivity contribution in [3.05, 3.63) is 63.9 Å². The van der Waals surface area contributed by atoms with Gasteiger partial charge in [-0.05, 0) is 64.3 Å². The fraction of sp³-hybridized carbons (Fsp3) is 0.344. The van der Waals surface area contributed by atoms with E-state index < -0.39 is 40.3 Å². The van der Waals surface area contributed by atoms with E-state index in [1.807, 2.05) is 6.26 Å². The SMILES string of the molecule is COc1ccc(-c2noc([C@H](CCSC)N/C(C)=C3\C(=O)C=C4Oc5c(C(C)=O)c(O)c(C)c(O)c5[C@@]4(C)C3=O)n2)cc1OC. The van der Waals surface area contributed by atoms with E-state index in [1.165, 1.54) is 41.1 Å². The quantitative estimate of drug-likeness (QED) is 0.159. The number of thioether (sulfide) groups is 1. The molecule has 0 radical (unpaired) electrons. The number of hydrogen-bond acceptors (Lipinski definition) is 13. The number of nitrogens with one attached hydrogen (secondary N) is 1. The highest BCUT2D eigenvalue weighted by Gasteiger charge is 2.56. The second-order valence-corrected chi connectivity index (χ2v) is 11.9. The fourth-order valence-electron chi connectivity index (χ4n) is 5.66. The van der Waals surface area contributed by atoms with Crippen LogP contribution in [0.15, 0.2) is 45.8 Å². The van der Waals surface area contributed by atoms with Crippen LogP contribution >= 0.6 is 11.8 Å². The van der Waals surface area contributed by atoms with E-state index in [2.05, 4.69) is 15.5 Å². The Morgan fingerprint density at radius 2 is 1.84 bits per heavy atom. The second-order valence-electron chi connectivity index (χ2n) is 10.9. The third-order valence-electron chi connectivity index (χ3n) is 8.14. The highest BCUT2D eigenvalue weighted by atomic mass is 32.2. The topological polar surface area (TPSA) is 170 Å². The number of aromatic nitrogens is 2. The molecule has 45 heavy (non-hydrogen) atoms. The number of Topliss-reactive ketones (excluding diaryl/α,β-unsaturated/α-hetero) is 2. The van der Waals surface area contributed by atoms with Gasteiger partial charge in [0.05, 0.1) is 25.4 Å². The molecular weight excluding hydrogens is 602 g/mol. The number of nitrogens with zero attached hydrogens (tertiary/aromatic N) is 2. The van der Waals surface area contributed by atoms with Crippen LogP contribution in [0.25, 0.3) is 11.4 Å². The third kappa shape index (κ3) is 5.10. The van der Waals surface area contributed by atoms with Crippen molar-refractivity contribution in [2.24, 2.45) is 0 Å². The summed E-state index contributed by atoms with van der Waals surface area (Å²) in [4.78, 5) is 44.7. The number of phenols is 2. The Bertz CT molecular complexity index is 1810. The number of hydrogen-bond donors (Lipinski definition) is 3. The van der Waals surface area contributed by atoms with E-state index in [9.17, 15) is 24.6 Å². The largest absolute Gasteiger partial charge is 0.507 e. The maximum atomic E-state index is 14.2. The minimum absolute atomic E-state index is 0.0208. The molecule has 0 amide bonds. The van der Waals surface area contributed by atoms with Crippen LogP contribution in [0.1, 0.15) is 60.6 Å². The van der Waals surface area contributed by atoms with Crippen LogP contribution in [-0.2, 0) is 15.0 Å². The summed E-state index contributed by atoms with van der Waals surface area (Å²) in [7, 11) is 3.07. The second kappa shape index (κ2) is 12.0. The number of carbonyl (C=O) groups excluding carboxylic acids is 3. The van der Waals surface area contributed by atoms with Crippen molar-refractivity contribution in [2.45, 2.75) is 45.6 Å². The molecule has 0 unspecified atom stereocenters. The summed E-state index contributed by atoms with van der Waals surface area (Å²) in [5.41, 5.74) is -1.02. The van der Waals surface area contributed by atoms with Gasteiger partial charge in [-0.2, -0.15) is 16.7 Å². The van der Waals surface area contributed by atoms with Crippen LogP contribution in [0, 0.1) is 6.92 Å². The lowest BCUT2D eigenvalue weighted by Crippen LogP contribution is -2.41. The van der Waals surface area contributed by atoms with E-state index in [4.69, 9.17) is 18.7 Å². The van der Waals surface area contributed by atoms with Gasteiger partial charge in [0.1, 0.15) is 40.0 Å². The molecule has 1 aliphatic carbocycles. The average molecular weight is 636 g/mol. The Morgan fingerprint density at radius 3 is 2.49 bits per heavy atom. The van der Waals surface area contributed by atoms with Gasteiger partial charge in [0.2, 0.25) is 11.7 Å². The van der Waals surface area contributed by atoms with Gasteiger partial charge in [-0.25, -0.2) is 0 Å². The molecule has 3 N–H and O–H groups in total. The Labute approximate surface area is 263 Å². The van der Waals surface area contributed by atoms with Crippen molar-refractivity contribution in [3.63, 3.8) is 0 Å². The van der Waals surface area contributed by atoms with Crippen LogP contribution in [-0.4, -0.2) is 63.9 Å². The molecule has 2 aromatic carbocycles. The van der Waals surface area contributed by atoms with E-state index in [-0.39, 0.29) is 45.4 Å². The first kappa shape index (κ1) is 31.6. The summed E-state index contributed by atoms with van der Waals surface area (Å²) in [6.07, 6.45) is 3.65. The van der Waals surface area contributed by atoms with E-state index in [1.54, 1.807) is 36.9 Å². The Kier molecular flexibility index (Phi) is 8.41. The van der Waals surface area contributed by atoms with Crippen molar-refractivity contribution in [3.8, 4) is 40.1 Å². The zero-order valence-electron chi connectivity index (χ0n) is 25.9. The molecule has 3 aromatic rings. The molecule has 1 aromatic heterocycles. The number of methoxy groups -OCH3 is 2. The van der Waals surface area contributed by atoms with Crippen LogP contribution in [0.2, 0.25) is 0 Å². The lowest BCUT2D eigenvalue weighted by atomic mass is 9.70. The van der Waals surface area contributed by atoms with E-state index in [0.29, 0.717) is 35.1 Å². The summed E-state index contributed by atoms with van der Waals surface area (Å²) in [6.45, 7) is 5.79. The molecule has 0 saturated heterocycles. The Morgan fingerprint density at radius 1 is 1.13 bits per heavy atom. The number of ether oxygens (including phenoxy) is 3. The number of aromatic hydroxyl groups is 2. The highest BCUT2D eigenvalue weighted by molar-refractivity contribution is 7.98. The Hall–Kier alpha value is -4.78. The van der Waals surface area contributed by atoms with E-state index >= 15 is 0 Å². The molecule has 2 aliphatic rings. The predicted molar refractivity (Wildman–Crippen MR) is 165 cm³/mol. The van der Waals surface area contributed by atoms with Gasteiger partial charge in [-0.1, -0.05) is 5.16 Å². The van der Waals surface area contributed by atoms with Crippen LogP contribution < -0.4 is 19.5 Å². The fourth-order valence-corrected chi connectivity index (χ4v) is 6.13. The molecule has 13 heteroatoms. The smallest absolute Gasteiger partial charge is 0.249 e. The van der Waals surface area contributed by atoms with Gasteiger partial charge < -0.3 is 34.3 Å². The number of phenolic OH excluding ortho intramolecular Hbond substituents is 2. The lowest BCUT2D eigenvalue weighted by molar-refractivity contribution is -0.123. The molecular formula is C32H33N3O9S. The normalized spacial score (nSPS) is 18.9. The molecule has 236 valence electrons. The molecule has 5 rings (SSSR count). The molecule has 0 fully saturated rings. The maximum absolute atomic E-state index is 14.2. The minimum Gasteiger partial charge on any atom is -0.507 e. The first-order valence-electron chi connectivity index (χ1n) is 14.0. The third-order valence-corrected chi connectivity index (χ3v) is 8.79. The Balaban J connectivity index is 1.54. The number of rotatable bonds is 10. The van der Waals surface area contributed by atoms with Crippen molar-refractivity contribution in [1.29, 1.82) is 0 Å². The summed E-state index contributed by atoms with van der Waals surface area (Å²) in [5.74, 6) is -0.489. The number of ketones is 3. The van der Waals surface area contributed by atoms with Crippen LogP contribution in [0.4, 0.5) is 0 Å². The molecule has 12 nitrogen and oxygen atoms in total. The van der Waals surface area contributed by atoms with Crippen molar-refractivity contribution in [1.82, 2.24) is 15.5 Å². The lowest BCUT2D eigenvalue weighted by Gasteiger charge is -2.29. The number of allylic oxidation sites excluding steroid dienone is 4. The van der Waals surface area contributed by atoms with Gasteiger partial charge in [0, 0.05) is 22.9 Å². The first-order valence-corrected chi connectivity index (χ1v) is 15.4. The number of carbonyl (C=O) groups is 3. The van der Waals surface area contributed by atoms with Crippen molar-refractivity contribution < 1.29 is 43.3 Å². The zero-order valence-corrected chi connectivity index (χ0v) is 26.7. The van der Waals surface area contributed by atoms with Gasteiger partial charge in [-0.15, -0.1) is 0 Å². The minimum atomic E-state index is -1.63. The van der Waals surface area contributed by atoms with Crippen molar-refractivity contribution in [2.75, 3.05) is 26.2 Å². The van der Waals surface area contributed by atoms with Gasteiger partial charge in [-0.3, -0.25) is 14.4 Å². The number of fused-ring (bicyclic) bond motifs is 3. The predicted octanol–water partition coefficient (Wildman–Crippen LogP) is 4.72. The molecule has 0 bridgehead atoms. The molecule has 2 atom stereocenters. The van der Waals surface area contributed by atoms with Gasteiger partial charge >= 0.3 is 0 Å². The first-order chi connectivity index (χ1) is 21.4. The summed E-state index contributed by atoms with van der Waals surface area (Å²) in [5, 5.41) is 29.1. The maximum Gasteiger partial charge on any atom is 0.249 e. The van der Waals surface area contributed by atoms with Crippen molar-refractivity contribution >= 4 is 29.1 Å². The van der Waals surface area contributed by atoms with Crippen LogP contribution in [0.5, 0.6) is 28.7 Å².